The first-order chi connectivity index (χ1) is 31.0. The van der Waals surface area contributed by atoms with Gasteiger partial charge in [-0.15, -0.1) is 0 Å². The zero-order valence-electron chi connectivity index (χ0n) is 35.2. The third-order valence-electron chi connectivity index (χ3n) is 14.2. The van der Waals surface area contributed by atoms with Gasteiger partial charge in [0, 0.05) is 27.7 Å². The molecule has 11 aromatic carbocycles. The highest BCUT2D eigenvalue weighted by molar-refractivity contribution is 6.25. The minimum atomic E-state index is -0.118. The first-order valence-corrected chi connectivity index (χ1v) is 22.1. The average molecular weight is 803 g/mol. The second-order valence-corrected chi connectivity index (χ2v) is 17.9. The van der Waals surface area contributed by atoms with Gasteiger partial charge in [0.05, 0.1) is 0 Å². The summed E-state index contributed by atoms with van der Waals surface area (Å²) < 4.78 is 7.19. The van der Waals surface area contributed by atoms with Crippen molar-refractivity contribution >= 4 is 65.0 Å². The molecule has 1 atom stereocenters. The minimum Gasteiger partial charge on any atom is -0.455 e. The van der Waals surface area contributed by atoms with Crippen molar-refractivity contribution in [3.05, 3.63) is 240 Å². The summed E-state index contributed by atoms with van der Waals surface area (Å²) in [7, 11) is 0. The number of benzene rings is 11. The Balaban J connectivity index is 1.08. The Bertz CT molecular complexity index is 3780. The van der Waals surface area contributed by atoms with E-state index in [9.17, 15) is 0 Å². The predicted molar refractivity (Wildman–Crippen MR) is 266 cm³/mol. The molecule has 0 fully saturated rings. The highest BCUT2D eigenvalue weighted by Crippen LogP contribution is 2.52. The highest BCUT2D eigenvalue weighted by atomic mass is 16.3. The summed E-state index contributed by atoms with van der Waals surface area (Å²) in [5.74, 6) is -0.0804. The molecule has 1 heteroatoms. The molecule has 0 aliphatic heterocycles. The molecule has 1 aliphatic carbocycles. The van der Waals surface area contributed by atoms with Crippen molar-refractivity contribution in [2.24, 2.45) is 0 Å². The normalized spacial score (nSPS) is 13.6. The van der Waals surface area contributed by atoms with Crippen LogP contribution in [0.5, 0.6) is 0 Å². The average Bonchev–Trinajstić information content (AvgIpc) is 3.82. The molecule has 296 valence electrons. The first-order valence-electron chi connectivity index (χ1n) is 22.1. The van der Waals surface area contributed by atoms with Gasteiger partial charge < -0.3 is 4.42 Å². The molecule has 0 amide bonds. The van der Waals surface area contributed by atoms with E-state index in [-0.39, 0.29) is 11.3 Å². The van der Waals surface area contributed by atoms with Crippen molar-refractivity contribution in [1.82, 2.24) is 0 Å². The van der Waals surface area contributed by atoms with Crippen LogP contribution in [0, 0.1) is 0 Å². The van der Waals surface area contributed by atoms with Gasteiger partial charge in [-0.3, -0.25) is 0 Å². The Kier molecular flexibility index (Phi) is 7.78. The van der Waals surface area contributed by atoms with Crippen LogP contribution in [-0.4, -0.2) is 0 Å². The van der Waals surface area contributed by atoms with E-state index in [0.29, 0.717) is 0 Å². The van der Waals surface area contributed by atoms with E-state index in [1.807, 2.05) is 0 Å². The second kappa shape index (κ2) is 13.6. The first kappa shape index (κ1) is 36.0. The summed E-state index contributed by atoms with van der Waals surface area (Å²) >= 11 is 0. The van der Waals surface area contributed by atoms with Crippen molar-refractivity contribution in [3.8, 4) is 33.4 Å². The number of rotatable bonds is 5. The van der Waals surface area contributed by atoms with Crippen molar-refractivity contribution in [1.29, 1.82) is 0 Å². The molecule has 63 heavy (non-hydrogen) atoms. The third-order valence-corrected chi connectivity index (χ3v) is 14.2. The van der Waals surface area contributed by atoms with Crippen LogP contribution in [0.1, 0.15) is 47.6 Å². The summed E-state index contributed by atoms with van der Waals surface area (Å²) in [5.41, 5.74) is 15.6. The largest absolute Gasteiger partial charge is 0.455 e. The molecule has 12 aromatic rings. The lowest BCUT2D eigenvalue weighted by Gasteiger charge is -2.22. The summed E-state index contributed by atoms with van der Waals surface area (Å²) in [4.78, 5) is 0. The summed E-state index contributed by atoms with van der Waals surface area (Å²) in [6, 6.07) is 78.7. The molecule has 1 aromatic heterocycles. The molecule has 1 unspecified atom stereocenters. The lowest BCUT2D eigenvalue weighted by Crippen LogP contribution is -2.14. The minimum absolute atomic E-state index is 0.0804. The van der Waals surface area contributed by atoms with Crippen LogP contribution < -0.4 is 0 Å². The van der Waals surface area contributed by atoms with Crippen LogP contribution in [0.15, 0.2) is 217 Å². The van der Waals surface area contributed by atoms with Crippen LogP contribution >= 0.6 is 0 Å². The van der Waals surface area contributed by atoms with Gasteiger partial charge in [0.1, 0.15) is 11.2 Å². The SMILES string of the molecule is CC1(C)c2ccccc2-c2ccc(-c3c4ccccc4cc4c3oc3cccc(C(c5ccc(-c6ccccc6)cc5)c5ccc6c7ccccc7c7ccccc7c6c5)c34)cc21. The van der Waals surface area contributed by atoms with Gasteiger partial charge in [0.15, 0.2) is 0 Å². The van der Waals surface area contributed by atoms with E-state index in [1.165, 1.54) is 98.7 Å². The van der Waals surface area contributed by atoms with E-state index in [0.717, 1.165) is 27.5 Å². The van der Waals surface area contributed by atoms with Gasteiger partial charge in [0.25, 0.3) is 0 Å². The molecular weight excluding hydrogens is 761 g/mol. The van der Waals surface area contributed by atoms with Gasteiger partial charge >= 0.3 is 0 Å². The van der Waals surface area contributed by atoms with Crippen LogP contribution in [0.25, 0.3) is 98.4 Å². The van der Waals surface area contributed by atoms with Crippen molar-refractivity contribution in [3.63, 3.8) is 0 Å². The maximum Gasteiger partial charge on any atom is 0.143 e. The second-order valence-electron chi connectivity index (χ2n) is 17.9. The van der Waals surface area contributed by atoms with Crippen LogP contribution in [0.4, 0.5) is 0 Å². The summed E-state index contributed by atoms with van der Waals surface area (Å²) in [6.07, 6.45) is 0. The van der Waals surface area contributed by atoms with Gasteiger partial charge in [-0.25, -0.2) is 0 Å². The maximum absolute atomic E-state index is 7.19. The fourth-order valence-electron chi connectivity index (χ4n) is 11.2. The standard InChI is InChI=1S/C62H42O/c1-62(2)55-25-13-12-23-50(55)51-34-32-43(37-56(51)62)59-44-18-7-6-17-41(44)35-54-60-52(24-14-26-57(60)63-61(54)59)58(40-29-27-39(28-30-40)38-15-4-3-5-16-38)42-31-33-49-47-21-9-8-19-45(47)46-20-10-11-22-48(46)53(49)36-42/h3-37,58H,1-2H3. The van der Waals surface area contributed by atoms with Crippen LogP contribution in [0.3, 0.4) is 0 Å². The van der Waals surface area contributed by atoms with Crippen molar-refractivity contribution in [2.75, 3.05) is 0 Å². The van der Waals surface area contributed by atoms with Crippen LogP contribution in [0.2, 0.25) is 0 Å². The third kappa shape index (κ3) is 5.36. The zero-order chi connectivity index (χ0) is 41.8. The Hall–Kier alpha value is -7.74. The molecule has 0 spiro atoms. The Morgan fingerprint density at radius 1 is 0.381 bits per heavy atom. The number of furan rings is 1. The van der Waals surface area contributed by atoms with E-state index in [1.54, 1.807) is 0 Å². The fourth-order valence-corrected chi connectivity index (χ4v) is 11.2. The molecule has 1 aliphatic rings. The van der Waals surface area contributed by atoms with Crippen molar-refractivity contribution < 1.29 is 4.42 Å². The van der Waals surface area contributed by atoms with Crippen molar-refractivity contribution in [2.45, 2.75) is 25.2 Å². The molecule has 13 rings (SSSR count). The molecule has 1 nitrogen and oxygen atoms in total. The topological polar surface area (TPSA) is 13.1 Å². The van der Waals surface area contributed by atoms with Gasteiger partial charge in [-0.05, 0) is 123 Å². The van der Waals surface area contributed by atoms with Gasteiger partial charge in [-0.2, -0.15) is 0 Å². The Labute approximate surface area is 366 Å². The monoisotopic (exact) mass is 802 g/mol. The Morgan fingerprint density at radius 3 is 1.73 bits per heavy atom. The molecule has 0 N–H and O–H groups in total. The fraction of sp³-hybridized carbons (Fsp3) is 0.0645. The zero-order valence-corrected chi connectivity index (χ0v) is 35.2. The van der Waals surface area contributed by atoms with Crippen LogP contribution in [-0.2, 0) is 5.41 Å². The van der Waals surface area contributed by atoms with E-state index in [2.05, 4.69) is 226 Å². The van der Waals surface area contributed by atoms with Gasteiger partial charge in [0.2, 0.25) is 0 Å². The highest BCUT2D eigenvalue weighted by Gasteiger charge is 2.36. The quantitative estimate of drug-likeness (QED) is 0.125. The van der Waals surface area contributed by atoms with E-state index in [4.69, 9.17) is 4.42 Å². The molecule has 1 heterocycles. The molecular formula is C62H42O. The van der Waals surface area contributed by atoms with E-state index < -0.39 is 0 Å². The maximum atomic E-state index is 7.19. The number of hydrogen-bond acceptors (Lipinski definition) is 1. The molecule has 0 bridgehead atoms. The van der Waals surface area contributed by atoms with E-state index >= 15 is 0 Å². The smallest absolute Gasteiger partial charge is 0.143 e. The molecule has 0 radical (unpaired) electrons. The van der Waals surface area contributed by atoms with Gasteiger partial charge in [-0.1, -0.05) is 202 Å². The summed E-state index contributed by atoms with van der Waals surface area (Å²) in [5, 5.41) is 12.4. The molecule has 0 saturated carbocycles. The molecule has 0 saturated heterocycles. The Morgan fingerprint density at radius 2 is 0.968 bits per heavy atom. The summed E-state index contributed by atoms with van der Waals surface area (Å²) in [6.45, 7) is 4.72. The lowest BCUT2D eigenvalue weighted by molar-refractivity contribution is 0.660. The number of fused-ring (bicyclic) bond motifs is 13. The predicted octanol–water partition coefficient (Wildman–Crippen LogP) is 17.0. The lowest BCUT2D eigenvalue weighted by atomic mass is 9.80. The number of hydrogen-bond donors (Lipinski definition) is 0.